The molecule has 14 heteroatoms. The Balaban J connectivity index is 0.000000156. The van der Waals surface area contributed by atoms with Crippen LogP contribution >= 0.6 is 0 Å². The van der Waals surface area contributed by atoms with Gasteiger partial charge in [-0.05, 0) is 113 Å². The van der Waals surface area contributed by atoms with E-state index in [1.54, 1.807) is 104 Å². The van der Waals surface area contributed by atoms with E-state index >= 15 is 0 Å². The number of rotatable bonds is 4. The Morgan fingerprint density at radius 3 is 1.32 bits per heavy atom. The molecule has 4 aromatic heterocycles. The van der Waals surface area contributed by atoms with E-state index in [0.717, 1.165) is 34.2 Å². The van der Waals surface area contributed by atoms with Crippen molar-refractivity contribution < 1.29 is 25.5 Å². The van der Waals surface area contributed by atoms with Crippen molar-refractivity contribution in [2.75, 3.05) is 5.73 Å². The van der Waals surface area contributed by atoms with Crippen molar-refractivity contribution in [1.82, 2.24) is 39.1 Å². The van der Waals surface area contributed by atoms with Gasteiger partial charge in [-0.1, -0.05) is 87.5 Å². The van der Waals surface area contributed by atoms with Crippen molar-refractivity contribution in [1.29, 1.82) is 0 Å². The molecule has 0 amide bonds. The van der Waals surface area contributed by atoms with Gasteiger partial charge in [0, 0.05) is 35.3 Å². The number of benzene rings is 5. The van der Waals surface area contributed by atoms with E-state index in [-0.39, 0.29) is 28.4 Å². The number of nitrogens with zero attached hydrogens (tertiary/aromatic N) is 8. The molecule has 0 aliphatic heterocycles. The highest BCUT2D eigenvalue weighted by atomic mass is 16.3. The number of hydrogen-bond acceptors (Lipinski definition) is 10. The van der Waals surface area contributed by atoms with Crippen molar-refractivity contribution in [3.8, 4) is 51.5 Å². The third kappa shape index (κ3) is 12.7. The lowest BCUT2D eigenvalue weighted by molar-refractivity contribution is 0.469. The average molecular weight is 876 g/mol. The highest BCUT2D eigenvalue weighted by Crippen LogP contribution is 2.28. The zero-order valence-corrected chi connectivity index (χ0v) is 37.9. The van der Waals surface area contributed by atoms with Gasteiger partial charge in [0.2, 0.25) is 0 Å². The molecule has 9 rings (SSSR count). The summed E-state index contributed by atoms with van der Waals surface area (Å²) >= 11 is 0. The maximum atomic E-state index is 9.78. The van der Waals surface area contributed by atoms with E-state index in [0.29, 0.717) is 28.6 Å². The quantitative estimate of drug-likeness (QED) is 0.0989. The van der Waals surface area contributed by atoms with Crippen LogP contribution in [0.15, 0.2) is 158 Å². The van der Waals surface area contributed by atoms with E-state index in [9.17, 15) is 20.4 Å². The molecule has 9 aromatic rings. The van der Waals surface area contributed by atoms with Gasteiger partial charge in [0.25, 0.3) is 0 Å². The molecule has 4 heterocycles. The van der Waals surface area contributed by atoms with Crippen molar-refractivity contribution in [3.05, 3.63) is 192 Å². The lowest BCUT2D eigenvalue weighted by Gasteiger charge is -2.14. The molecule has 0 unspecified atom stereocenters. The van der Waals surface area contributed by atoms with Crippen molar-refractivity contribution in [2.24, 2.45) is 0 Å². The van der Waals surface area contributed by atoms with Crippen molar-refractivity contribution >= 4 is 5.82 Å². The third-order valence-corrected chi connectivity index (χ3v) is 9.93. The first-order valence-electron chi connectivity index (χ1n) is 20.8. The zero-order chi connectivity index (χ0) is 47.3. The van der Waals surface area contributed by atoms with E-state index in [2.05, 4.69) is 41.2 Å². The summed E-state index contributed by atoms with van der Waals surface area (Å²) in [5.74, 6) is 1.75. The largest absolute Gasteiger partial charge is 0.508 e. The minimum Gasteiger partial charge on any atom is -0.508 e. The molecule has 65 heavy (non-hydrogen) atoms. The number of aromatic hydroxyl groups is 5. The molecule has 5 aromatic carbocycles. The second kappa shape index (κ2) is 21.7. The van der Waals surface area contributed by atoms with Gasteiger partial charge < -0.3 is 31.3 Å². The van der Waals surface area contributed by atoms with E-state index in [1.807, 2.05) is 108 Å². The summed E-state index contributed by atoms with van der Waals surface area (Å²) in [7, 11) is 0. The number of nitrogen functional groups attached to an aromatic ring is 1. The Hall–Kier alpha value is -8.26. The lowest BCUT2D eigenvalue weighted by Crippen LogP contribution is -2.12. The first kappa shape index (κ1) is 47.8. The summed E-state index contributed by atoms with van der Waals surface area (Å²) in [6, 6.07) is 42.8. The SMILES string of the molecule is CC(C)(C)c1cc(N)n(-c2ccccc2O)n1.Cc1ccn(-c2ccccc2O)n1.Cc1ccnn1-c1ccccc1O.Cc1nn(-c2ccccc2O)c(C)c1C.Oc1ccccc1. The molecular weight excluding hydrogens is 819 g/mol. The molecule has 0 aliphatic carbocycles. The smallest absolute Gasteiger partial charge is 0.141 e. The first-order valence-corrected chi connectivity index (χ1v) is 20.8. The minimum atomic E-state index is -0.0657. The summed E-state index contributed by atoms with van der Waals surface area (Å²) in [6.45, 7) is 16.1. The van der Waals surface area contributed by atoms with Crippen LogP contribution in [-0.4, -0.2) is 64.7 Å². The molecule has 0 fully saturated rings. The van der Waals surface area contributed by atoms with E-state index in [1.165, 1.54) is 5.56 Å². The van der Waals surface area contributed by atoms with Crippen LogP contribution < -0.4 is 5.73 Å². The Morgan fingerprint density at radius 2 is 0.954 bits per heavy atom. The molecular formula is C51H57N9O5. The normalized spacial score (nSPS) is 10.5. The van der Waals surface area contributed by atoms with Gasteiger partial charge in [-0.25, -0.2) is 18.7 Å². The molecule has 0 aliphatic rings. The number of aryl methyl sites for hydroxylation is 3. The van der Waals surface area contributed by atoms with Gasteiger partial charge in [0.15, 0.2) is 0 Å². The summed E-state index contributed by atoms with van der Waals surface area (Å²) in [4.78, 5) is 0. The second-order valence-electron chi connectivity index (χ2n) is 15.9. The highest BCUT2D eigenvalue weighted by molar-refractivity contribution is 5.51. The van der Waals surface area contributed by atoms with Gasteiger partial charge in [-0.2, -0.15) is 20.4 Å². The van der Waals surface area contributed by atoms with Gasteiger partial charge in [0.1, 0.15) is 57.3 Å². The van der Waals surface area contributed by atoms with Gasteiger partial charge >= 0.3 is 0 Å². The fraction of sp³-hybridized carbons (Fsp3) is 0.176. The van der Waals surface area contributed by atoms with Crippen molar-refractivity contribution in [3.63, 3.8) is 0 Å². The third-order valence-electron chi connectivity index (χ3n) is 9.93. The molecule has 14 nitrogen and oxygen atoms in total. The number of aromatic nitrogens is 8. The van der Waals surface area contributed by atoms with Crippen LogP contribution in [0.3, 0.4) is 0 Å². The van der Waals surface area contributed by atoms with E-state index < -0.39 is 0 Å². The summed E-state index contributed by atoms with van der Waals surface area (Å²) in [6.07, 6.45) is 3.53. The van der Waals surface area contributed by atoms with Crippen LogP contribution in [0, 0.1) is 34.6 Å². The molecule has 0 saturated heterocycles. The Morgan fingerprint density at radius 1 is 0.492 bits per heavy atom. The van der Waals surface area contributed by atoms with Gasteiger partial charge in [0.05, 0.1) is 17.1 Å². The van der Waals surface area contributed by atoms with Crippen molar-refractivity contribution in [2.45, 2.75) is 60.8 Å². The van der Waals surface area contributed by atoms with Crippen LogP contribution in [0.5, 0.6) is 28.7 Å². The van der Waals surface area contributed by atoms with E-state index in [4.69, 9.17) is 10.8 Å². The van der Waals surface area contributed by atoms with Gasteiger partial charge in [-0.3, -0.25) is 0 Å². The molecule has 0 saturated carbocycles. The fourth-order valence-corrected chi connectivity index (χ4v) is 6.10. The summed E-state index contributed by atoms with van der Waals surface area (Å²) in [5.41, 5.74) is 14.7. The number of para-hydroxylation sites is 9. The highest BCUT2D eigenvalue weighted by Gasteiger charge is 2.20. The number of phenolic OH excluding ortho intramolecular Hbond substituents is 5. The van der Waals surface area contributed by atoms with Gasteiger partial charge in [-0.15, -0.1) is 0 Å². The second-order valence-corrected chi connectivity index (χ2v) is 15.9. The first-order chi connectivity index (χ1) is 31.0. The Kier molecular flexibility index (Phi) is 15.9. The average Bonchev–Trinajstić information content (AvgIpc) is 4.07. The number of phenols is 5. The molecule has 0 atom stereocenters. The minimum absolute atomic E-state index is 0.0657. The monoisotopic (exact) mass is 875 g/mol. The number of nitrogens with two attached hydrogens (primary N) is 1. The van der Waals surface area contributed by atoms with Crippen LogP contribution in [-0.2, 0) is 5.41 Å². The van der Waals surface area contributed by atoms with Crippen LogP contribution in [0.1, 0.15) is 54.8 Å². The molecule has 336 valence electrons. The number of anilines is 1. The summed E-state index contributed by atoms with van der Waals surface area (Å²) in [5, 5.41) is 64.3. The predicted octanol–water partition coefficient (Wildman–Crippen LogP) is 10.1. The molecule has 0 bridgehead atoms. The standard InChI is InChI=1S/C13H17N3O.C12H14N2O.2C10H10N2O.C6H6O/c1-13(2,3)11-8-12(14)16(15-11)9-6-4-5-7-10(9)17;1-8-9(2)13-14(10(8)3)11-6-4-5-7-12(11)15;1-8-6-7-12(11-8)9-4-2-3-5-10(9)13;1-8-6-7-11-12(8)9-4-2-3-5-10(9)13;7-6-4-2-1-3-5-6/h4-8,17H,14H2,1-3H3;4-7,15H,1-3H3;2*2-7,13H,1H3;1-5,7H. The van der Waals surface area contributed by atoms with Crippen LogP contribution in [0.4, 0.5) is 5.82 Å². The summed E-state index contributed by atoms with van der Waals surface area (Å²) < 4.78 is 6.70. The maximum Gasteiger partial charge on any atom is 0.141 e. The topological polar surface area (TPSA) is 198 Å². The zero-order valence-electron chi connectivity index (χ0n) is 37.9. The Labute approximate surface area is 379 Å². The van der Waals surface area contributed by atoms with Crippen LogP contribution in [0.2, 0.25) is 0 Å². The lowest BCUT2D eigenvalue weighted by atomic mass is 9.92. The Bertz CT molecular complexity index is 2910. The molecule has 0 spiro atoms. The maximum absolute atomic E-state index is 9.78. The predicted molar refractivity (Wildman–Crippen MR) is 256 cm³/mol. The molecule has 7 N–H and O–H groups in total. The number of hydrogen-bond donors (Lipinski definition) is 6. The fourth-order valence-electron chi connectivity index (χ4n) is 6.10. The molecule has 0 radical (unpaired) electrons. The van der Waals surface area contributed by atoms with Crippen LogP contribution in [0.25, 0.3) is 22.7 Å².